The Labute approximate surface area is 138 Å². The third-order valence-corrected chi connectivity index (χ3v) is 3.66. The van der Waals surface area contributed by atoms with E-state index in [2.05, 4.69) is 30.5 Å². The second-order valence-electron chi connectivity index (χ2n) is 5.36. The Kier molecular flexibility index (Phi) is 4.82. The van der Waals surface area contributed by atoms with Gasteiger partial charge in [-0.1, -0.05) is 0 Å². The first-order chi connectivity index (χ1) is 11.7. The number of hydrogen-bond acceptors (Lipinski definition) is 8. The number of aliphatic hydroxyl groups is 2. The average Bonchev–Trinajstić information content (AvgIpc) is 3.09. The second kappa shape index (κ2) is 7.20. The molecule has 0 unspecified atom stereocenters. The van der Waals surface area contributed by atoms with E-state index in [1.807, 2.05) is 12.1 Å². The Morgan fingerprint density at radius 3 is 2.67 bits per heavy atom. The first-order valence-corrected chi connectivity index (χ1v) is 7.62. The van der Waals surface area contributed by atoms with E-state index in [4.69, 9.17) is 15.9 Å². The van der Waals surface area contributed by atoms with Gasteiger partial charge in [0.1, 0.15) is 5.52 Å². The lowest BCUT2D eigenvalue weighted by molar-refractivity contribution is 0.248. The topological polar surface area (TPSA) is 146 Å². The minimum Gasteiger partial charge on any atom is -0.396 e. The van der Waals surface area contributed by atoms with Crippen LogP contribution in [-0.2, 0) is 0 Å². The maximum absolute atomic E-state index is 9.15. The lowest BCUT2D eigenvalue weighted by atomic mass is 10.1. The number of anilines is 2. The standard InChI is InChI=1S/C15H19N7O2/c16-15-20-12-7-9(11-1-4-18-22-11)8-17-13(12)14(21-15)19-10(2-5-23)3-6-24/h1,4,7-8,10,23-24H,2-3,5-6H2,(H,18,22)(H3,16,19,20,21). The highest BCUT2D eigenvalue weighted by molar-refractivity contribution is 5.88. The minimum absolute atomic E-state index is 0.00751. The first kappa shape index (κ1) is 16.1. The molecule has 3 aromatic rings. The van der Waals surface area contributed by atoms with Crippen LogP contribution in [0.4, 0.5) is 11.8 Å². The highest BCUT2D eigenvalue weighted by Crippen LogP contribution is 2.25. The summed E-state index contributed by atoms with van der Waals surface area (Å²) < 4.78 is 0. The van der Waals surface area contributed by atoms with E-state index in [-0.39, 0.29) is 25.2 Å². The fourth-order valence-corrected chi connectivity index (χ4v) is 2.50. The van der Waals surface area contributed by atoms with Crippen molar-refractivity contribution in [2.45, 2.75) is 18.9 Å². The molecule has 3 rings (SSSR count). The number of aromatic amines is 1. The molecule has 6 N–H and O–H groups in total. The molecule has 0 aromatic carbocycles. The maximum atomic E-state index is 9.15. The van der Waals surface area contributed by atoms with Gasteiger partial charge >= 0.3 is 0 Å². The van der Waals surface area contributed by atoms with Crippen molar-refractivity contribution in [2.24, 2.45) is 0 Å². The van der Waals surface area contributed by atoms with Gasteiger partial charge in [-0.25, -0.2) is 9.97 Å². The molecule has 0 saturated carbocycles. The van der Waals surface area contributed by atoms with Crippen molar-refractivity contribution in [1.82, 2.24) is 25.1 Å². The van der Waals surface area contributed by atoms with Gasteiger partial charge in [-0.05, 0) is 25.0 Å². The molecule has 0 bridgehead atoms. The maximum Gasteiger partial charge on any atom is 0.222 e. The van der Waals surface area contributed by atoms with E-state index >= 15 is 0 Å². The number of nitrogens with zero attached hydrogens (tertiary/aromatic N) is 4. The summed E-state index contributed by atoms with van der Waals surface area (Å²) in [5, 5.41) is 28.3. The highest BCUT2D eigenvalue weighted by atomic mass is 16.3. The van der Waals surface area contributed by atoms with Gasteiger partial charge in [0.15, 0.2) is 5.82 Å². The van der Waals surface area contributed by atoms with Gasteiger partial charge in [0, 0.05) is 37.2 Å². The van der Waals surface area contributed by atoms with Gasteiger partial charge in [-0.2, -0.15) is 10.1 Å². The SMILES string of the molecule is Nc1nc(NC(CCO)CCO)c2ncc(-c3ccn[nH]3)cc2n1. The molecule has 24 heavy (non-hydrogen) atoms. The lowest BCUT2D eigenvalue weighted by Crippen LogP contribution is -2.23. The molecule has 9 nitrogen and oxygen atoms in total. The molecule has 3 heterocycles. The molecule has 0 saturated heterocycles. The van der Waals surface area contributed by atoms with Gasteiger partial charge in [-0.3, -0.25) is 5.10 Å². The number of fused-ring (bicyclic) bond motifs is 1. The molecule has 0 fully saturated rings. The van der Waals surface area contributed by atoms with E-state index < -0.39 is 0 Å². The molecule has 0 aliphatic heterocycles. The number of rotatable bonds is 7. The Morgan fingerprint density at radius 2 is 2.00 bits per heavy atom. The van der Waals surface area contributed by atoms with Crippen LogP contribution >= 0.6 is 0 Å². The number of pyridine rings is 1. The number of nitrogen functional groups attached to an aromatic ring is 1. The van der Waals surface area contributed by atoms with Crippen LogP contribution in [0, 0.1) is 0 Å². The van der Waals surface area contributed by atoms with E-state index in [0.717, 1.165) is 11.3 Å². The number of aromatic nitrogens is 5. The quantitative estimate of drug-likeness (QED) is 0.422. The third kappa shape index (κ3) is 3.42. The van der Waals surface area contributed by atoms with Crippen LogP contribution in [0.3, 0.4) is 0 Å². The number of aliphatic hydroxyl groups excluding tert-OH is 2. The van der Waals surface area contributed by atoms with Crippen LogP contribution in [0.5, 0.6) is 0 Å². The second-order valence-corrected chi connectivity index (χ2v) is 5.36. The van der Waals surface area contributed by atoms with Crippen LogP contribution in [0.1, 0.15) is 12.8 Å². The van der Waals surface area contributed by atoms with Crippen molar-refractivity contribution >= 4 is 22.8 Å². The Hall–Kier alpha value is -2.78. The van der Waals surface area contributed by atoms with Gasteiger partial charge in [-0.15, -0.1) is 0 Å². The smallest absolute Gasteiger partial charge is 0.222 e. The first-order valence-electron chi connectivity index (χ1n) is 7.62. The summed E-state index contributed by atoms with van der Waals surface area (Å²) in [6, 6.07) is 3.56. The zero-order valence-corrected chi connectivity index (χ0v) is 13.0. The molecule has 0 aliphatic rings. The van der Waals surface area contributed by atoms with Crippen molar-refractivity contribution in [3.63, 3.8) is 0 Å². The largest absolute Gasteiger partial charge is 0.396 e. The molecule has 0 amide bonds. The Bertz CT molecular complexity index is 801. The zero-order valence-electron chi connectivity index (χ0n) is 13.0. The lowest BCUT2D eigenvalue weighted by Gasteiger charge is -2.18. The van der Waals surface area contributed by atoms with Crippen molar-refractivity contribution in [1.29, 1.82) is 0 Å². The van der Waals surface area contributed by atoms with Gasteiger partial charge in [0.25, 0.3) is 0 Å². The molecule has 0 spiro atoms. The Balaban J connectivity index is 1.98. The number of H-pyrrole nitrogens is 1. The van der Waals surface area contributed by atoms with E-state index in [1.54, 1.807) is 12.4 Å². The predicted octanol–water partition coefficient (Wildman–Crippen LogP) is 0.542. The van der Waals surface area contributed by atoms with Crippen molar-refractivity contribution in [3.05, 3.63) is 24.5 Å². The monoisotopic (exact) mass is 329 g/mol. The van der Waals surface area contributed by atoms with E-state index in [9.17, 15) is 0 Å². The van der Waals surface area contributed by atoms with Crippen LogP contribution in [0.15, 0.2) is 24.5 Å². The summed E-state index contributed by atoms with van der Waals surface area (Å²) in [6.07, 6.45) is 4.33. The molecule has 0 aliphatic carbocycles. The molecule has 126 valence electrons. The van der Waals surface area contributed by atoms with Crippen LogP contribution in [-0.4, -0.2) is 54.6 Å². The molecule has 0 atom stereocenters. The summed E-state index contributed by atoms with van der Waals surface area (Å²) in [7, 11) is 0. The van der Waals surface area contributed by atoms with E-state index in [1.165, 1.54) is 0 Å². The molecule has 3 aromatic heterocycles. The summed E-state index contributed by atoms with van der Waals surface area (Å²) in [5.74, 6) is 0.612. The summed E-state index contributed by atoms with van der Waals surface area (Å²) in [5.41, 5.74) is 8.65. The normalized spacial score (nSPS) is 11.3. The molecular weight excluding hydrogens is 310 g/mol. The fourth-order valence-electron chi connectivity index (χ4n) is 2.50. The number of nitrogens with two attached hydrogens (primary N) is 1. The fraction of sp³-hybridized carbons (Fsp3) is 0.333. The molecule has 0 radical (unpaired) electrons. The highest BCUT2D eigenvalue weighted by Gasteiger charge is 2.14. The summed E-state index contributed by atoms with van der Waals surface area (Å²) >= 11 is 0. The Morgan fingerprint density at radius 1 is 1.21 bits per heavy atom. The van der Waals surface area contributed by atoms with Gasteiger partial charge in [0.05, 0.1) is 11.2 Å². The van der Waals surface area contributed by atoms with Gasteiger partial charge < -0.3 is 21.3 Å². The van der Waals surface area contributed by atoms with Gasteiger partial charge in [0.2, 0.25) is 5.95 Å². The van der Waals surface area contributed by atoms with Crippen molar-refractivity contribution in [2.75, 3.05) is 24.3 Å². The number of hydrogen-bond donors (Lipinski definition) is 5. The predicted molar refractivity (Wildman–Crippen MR) is 90.1 cm³/mol. The average molecular weight is 329 g/mol. The molecule has 9 heteroatoms. The van der Waals surface area contributed by atoms with Crippen LogP contribution in [0.2, 0.25) is 0 Å². The third-order valence-electron chi connectivity index (χ3n) is 3.66. The van der Waals surface area contributed by atoms with Crippen LogP contribution in [0.25, 0.3) is 22.3 Å². The number of nitrogens with one attached hydrogen (secondary N) is 2. The van der Waals surface area contributed by atoms with Crippen LogP contribution < -0.4 is 11.1 Å². The van der Waals surface area contributed by atoms with Crippen molar-refractivity contribution in [3.8, 4) is 11.3 Å². The zero-order chi connectivity index (χ0) is 16.9. The minimum atomic E-state index is -0.133. The van der Waals surface area contributed by atoms with E-state index in [0.29, 0.717) is 29.7 Å². The summed E-state index contributed by atoms with van der Waals surface area (Å²) in [6.45, 7) is 0.0150. The summed E-state index contributed by atoms with van der Waals surface area (Å²) in [4.78, 5) is 12.9. The van der Waals surface area contributed by atoms with Crippen molar-refractivity contribution < 1.29 is 10.2 Å². The molecular formula is C15H19N7O2.